The minimum Gasteiger partial charge on any atom is -0.480 e. The van der Waals surface area contributed by atoms with Gasteiger partial charge in [0.1, 0.15) is 5.75 Å². The van der Waals surface area contributed by atoms with Crippen LogP contribution in [-0.4, -0.2) is 30.0 Å². The summed E-state index contributed by atoms with van der Waals surface area (Å²) in [6.45, 7) is 6.30. The van der Waals surface area contributed by atoms with Gasteiger partial charge in [0.15, 0.2) is 6.10 Å². The third-order valence-electron chi connectivity index (χ3n) is 5.43. The molecule has 1 heterocycles. The summed E-state index contributed by atoms with van der Waals surface area (Å²) in [6.07, 6.45) is -0.0397. The van der Waals surface area contributed by atoms with Crippen LogP contribution in [0.25, 0.3) is 0 Å². The molecule has 0 fully saturated rings. The molecule has 2 atom stereocenters. The van der Waals surface area contributed by atoms with Crippen LogP contribution >= 0.6 is 0 Å². The number of amides is 2. The van der Waals surface area contributed by atoms with Gasteiger partial charge in [-0.2, -0.15) is 0 Å². The highest BCUT2D eigenvalue weighted by Gasteiger charge is 2.30. The van der Waals surface area contributed by atoms with Crippen LogP contribution in [0.4, 0.5) is 5.69 Å². The normalized spacial score (nSPS) is 17.4. The van der Waals surface area contributed by atoms with Gasteiger partial charge in [-0.15, -0.1) is 0 Å². The fourth-order valence-electron chi connectivity index (χ4n) is 3.05. The number of rotatable bonds is 6. The summed E-state index contributed by atoms with van der Waals surface area (Å²) in [6, 6.07) is 14.5. The molecule has 0 spiro atoms. The zero-order chi connectivity index (χ0) is 20.3. The Kier molecular flexibility index (Phi) is 5.70. The lowest BCUT2D eigenvalue weighted by Gasteiger charge is -2.33. The molecule has 2 aromatic rings. The molecule has 2 unspecified atom stereocenters. The summed E-state index contributed by atoms with van der Waals surface area (Å²) in [4.78, 5) is 25.2. The zero-order valence-electron chi connectivity index (χ0n) is 16.5. The summed E-state index contributed by atoms with van der Waals surface area (Å²) in [7, 11) is 0. The molecule has 4 N–H and O–H groups in total. The Balaban J connectivity index is 1.67. The summed E-state index contributed by atoms with van der Waals surface area (Å²) >= 11 is 0. The maximum atomic E-state index is 12.7. The van der Waals surface area contributed by atoms with E-state index in [4.69, 9.17) is 10.5 Å². The number of benzene rings is 2. The first-order valence-corrected chi connectivity index (χ1v) is 9.50. The molecule has 3 rings (SSSR count). The standard InChI is InChI=1S/C22H27N3O3/c1-14(2)22(3,13-23)25-20(26)16-8-6-9-17(11-16)24-21(27)19-12-15-7-4-5-10-18(15)28-19/h4-11,14,19H,12-13,23H2,1-3H3,(H,24,27)(H,25,26). The van der Waals surface area contributed by atoms with Gasteiger partial charge in [0.2, 0.25) is 0 Å². The third-order valence-corrected chi connectivity index (χ3v) is 5.43. The van der Waals surface area contributed by atoms with E-state index in [9.17, 15) is 9.59 Å². The summed E-state index contributed by atoms with van der Waals surface area (Å²) < 4.78 is 5.72. The van der Waals surface area contributed by atoms with Crippen LogP contribution in [0.3, 0.4) is 0 Å². The van der Waals surface area contributed by atoms with Crippen LogP contribution in [0.1, 0.15) is 36.7 Å². The number of ether oxygens (including phenoxy) is 1. The van der Waals surface area contributed by atoms with Crippen molar-refractivity contribution < 1.29 is 14.3 Å². The van der Waals surface area contributed by atoms with Crippen molar-refractivity contribution in [2.24, 2.45) is 11.7 Å². The number of para-hydroxylation sites is 1. The fourth-order valence-corrected chi connectivity index (χ4v) is 3.05. The topological polar surface area (TPSA) is 93.5 Å². The minimum atomic E-state index is -0.573. The van der Waals surface area contributed by atoms with Crippen molar-refractivity contribution in [3.8, 4) is 5.75 Å². The Morgan fingerprint density at radius 3 is 2.64 bits per heavy atom. The van der Waals surface area contributed by atoms with Gasteiger partial charge in [0.25, 0.3) is 11.8 Å². The van der Waals surface area contributed by atoms with Crippen LogP contribution in [0.2, 0.25) is 0 Å². The average molecular weight is 381 g/mol. The number of nitrogens with two attached hydrogens (primary N) is 1. The smallest absolute Gasteiger partial charge is 0.265 e. The molecule has 0 aliphatic carbocycles. The molecule has 1 aliphatic heterocycles. The van der Waals surface area contributed by atoms with Crippen molar-refractivity contribution in [2.45, 2.75) is 38.8 Å². The largest absolute Gasteiger partial charge is 0.480 e. The predicted molar refractivity (Wildman–Crippen MR) is 109 cm³/mol. The van der Waals surface area contributed by atoms with Gasteiger partial charge in [0.05, 0.1) is 5.54 Å². The number of hydrogen-bond acceptors (Lipinski definition) is 4. The van der Waals surface area contributed by atoms with E-state index >= 15 is 0 Å². The number of carbonyl (C=O) groups is 2. The molecular weight excluding hydrogens is 354 g/mol. The highest BCUT2D eigenvalue weighted by molar-refractivity contribution is 5.99. The molecule has 0 saturated carbocycles. The Labute approximate surface area is 165 Å². The highest BCUT2D eigenvalue weighted by atomic mass is 16.5. The predicted octanol–water partition coefficient (Wildman–Crippen LogP) is 2.73. The summed E-state index contributed by atoms with van der Waals surface area (Å²) in [5, 5.41) is 5.85. The first-order chi connectivity index (χ1) is 13.3. The van der Waals surface area contributed by atoms with Crippen LogP contribution in [-0.2, 0) is 11.2 Å². The van der Waals surface area contributed by atoms with Gasteiger partial charge < -0.3 is 21.1 Å². The van der Waals surface area contributed by atoms with Crippen LogP contribution in [0.15, 0.2) is 48.5 Å². The second-order valence-electron chi connectivity index (χ2n) is 7.72. The SMILES string of the molecule is CC(C)C(C)(CN)NC(=O)c1cccc(NC(=O)C2Cc3ccccc3O2)c1. The summed E-state index contributed by atoms with van der Waals surface area (Å²) in [5.74, 6) is 0.473. The Bertz CT molecular complexity index is 856. The third kappa shape index (κ3) is 4.17. The van der Waals surface area contributed by atoms with Gasteiger partial charge in [-0.05, 0) is 42.7 Å². The van der Waals surface area contributed by atoms with Crippen molar-refractivity contribution in [3.05, 3.63) is 59.7 Å². The summed E-state index contributed by atoms with van der Waals surface area (Å²) in [5.41, 5.74) is 7.39. The molecule has 2 amide bonds. The van der Waals surface area contributed by atoms with Crippen molar-refractivity contribution in [1.82, 2.24) is 5.32 Å². The molecule has 6 nitrogen and oxygen atoms in total. The number of hydrogen-bond donors (Lipinski definition) is 3. The van der Waals surface area contributed by atoms with Gasteiger partial charge in [-0.3, -0.25) is 9.59 Å². The van der Waals surface area contributed by atoms with Crippen molar-refractivity contribution in [2.75, 3.05) is 11.9 Å². The molecular formula is C22H27N3O3. The minimum absolute atomic E-state index is 0.186. The maximum Gasteiger partial charge on any atom is 0.265 e. The fraction of sp³-hybridized carbons (Fsp3) is 0.364. The molecule has 148 valence electrons. The van der Waals surface area contributed by atoms with Crippen molar-refractivity contribution in [3.63, 3.8) is 0 Å². The van der Waals surface area contributed by atoms with E-state index in [1.54, 1.807) is 24.3 Å². The van der Waals surface area contributed by atoms with Crippen molar-refractivity contribution >= 4 is 17.5 Å². The van der Waals surface area contributed by atoms with Gasteiger partial charge in [0, 0.05) is 24.2 Å². The molecule has 6 heteroatoms. The van der Waals surface area contributed by atoms with Gasteiger partial charge in [-0.1, -0.05) is 38.1 Å². The van der Waals surface area contributed by atoms with Crippen LogP contribution in [0, 0.1) is 5.92 Å². The van der Waals surface area contributed by atoms with Gasteiger partial charge >= 0.3 is 0 Å². The van der Waals surface area contributed by atoms with E-state index in [-0.39, 0.29) is 17.7 Å². The average Bonchev–Trinajstić information content (AvgIpc) is 3.12. The first kappa shape index (κ1) is 19.9. The number of nitrogens with one attached hydrogen (secondary N) is 2. The Hall–Kier alpha value is -2.86. The van der Waals surface area contributed by atoms with E-state index in [2.05, 4.69) is 10.6 Å². The van der Waals surface area contributed by atoms with E-state index in [1.165, 1.54) is 0 Å². The van der Waals surface area contributed by atoms with E-state index in [0.717, 1.165) is 11.3 Å². The molecule has 0 saturated heterocycles. The monoisotopic (exact) mass is 381 g/mol. The van der Waals surface area contributed by atoms with Crippen molar-refractivity contribution in [1.29, 1.82) is 0 Å². The second kappa shape index (κ2) is 8.02. The van der Waals surface area contributed by atoms with E-state index < -0.39 is 11.6 Å². The Morgan fingerprint density at radius 2 is 1.96 bits per heavy atom. The number of fused-ring (bicyclic) bond motifs is 1. The maximum absolute atomic E-state index is 12.7. The van der Waals surface area contributed by atoms with E-state index in [1.807, 2.05) is 45.0 Å². The number of carbonyl (C=O) groups excluding carboxylic acids is 2. The lowest BCUT2D eigenvalue weighted by molar-refractivity contribution is -0.122. The lowest BCUT2D eigenvalue weighted by Crippen LogP contribution is -2.55. The quantitative estimate of drug-likeness (QED) is 0.717. The second-order valence-corrected chi connectivity index (χ2v) is 7.72. The van der Waals surface area contributed by atoms with Crippen LogP contribution < -0.4 is 21.1 Å². The lowest BCUT2D eigenvalue weighted by atomic mass is 9.88. The molecule has 1 aliphatic rings. The Morgan fingerprint density at radius 1 is 1.21 bits per heavy atom. The number of anilines is 1. The highest BCUT2D eigenvalue weighted by Crippen LogP contribution is 2.28. The molecule has 2 aromatic carbocycles. The molecule has 0 radical (unpaired) electrons. The van der Waals surface area contributed by atoms with E-state index in [0.29, 0.717) is 24.2 Å². The molecule has 0 aromatic heterocycles. The zero-order valence-corrected chi connectivity index (χ0v) is 16.5. The molecule has 28 heavy (non-hydrogen) atoms. The van der Waals surface area contributed by atoms with Gasteiger partial charge in [-0.25, -0.2) is 0 Å². The first-order valence-electron chi connectivity index (χ1n) is 9.50. The van der Waals surface area contributed by atoms with Crippen LogP contribution in [0.5, 0.6) is 5.75 Å². The molecule has 0 bridgehead atoms.